The van der Waals surface area contributed by atoms with Gasteiger partial charge >= 0.3 is 5.97 Å². The molecule has 17 heavy (non-hydrogen) atoms. The molecule has 94 valence electrons. The van der Waals surface area contributed by atoms with Gasteiger partial charge in [0.1, 0.15) is 0 Å². The number of carbonyl (C=O) groups is 1. The molecule has 1 aromatic rings. The summed E-state index contributed by atoms with van der Waals surface area (Å²) in [4.78, 5) is 10.8. The SMILES string of the molecule is CC(C)(C)c1ccc(C(C)(F)C(=O)O)cc1Br. The Hall–Kier alpha value is -0.900. The maximum Gasteiger partial charge on any atom is 0.345 e. The number of carboxylic acid groups (broad SMARTS) is 1. The molecule has 4 heteroatoms. The van der Waals surface area contributed by atoms with E-state index in [4.69, 9.17) is 5.11 Å². The van der Waals surface area contributed by atoms with Crippen molar-refractivity contribution in [3.8, 4) is 0 Å². The van der Waals surface area contributed by atoms with E-state index in [2.05, 4.69) is 15.9 Å². The van der Waals surface area contributed by atoms with Crippen LogP contribution in [0.3, 0.4) is 0 Å². The topological polar surface area (TPSA) is 37.3 Å². The van der Waals surface area contributed by atoms with Crippen molar-refractivity contribution in [1.29, 1.82) is 0 Å². The van der Waals surface area contributed by atoms with Gasteiger partial charge in [0.15, 0.2) is 0 Å². The Bertz CT molecular complexity index is 447. The molecule has 1 aromatic carbocycles. The fourth-order valence-corrected chi connectivity index (χ4v) is 2.51. The molecule has 1 atom stereocenters. The summed E-state index contributed by atoms with van der Waals surface area (Å²) >= 11 is 3.36. The molecule has 1 rings (SSSR count). The third-order valence-corrected chi connectivity index (χ3v) is 3.38. The smallest absolute Gasteiger partial charge is 0.345 e. The van der Waals surface area contributed by atoms with E-state index in [-0.39, 0.29) is 11.0 Å². The molecule has 0 radical (unpaired) electrons. The standard InChI is InChI=1S/C13H16BrFO2/c1-12(2,3)9-6-5-8(7-10(9)14)13(4,15)11(16)17/h5-7H,1-4H3,(H,16,17). The van der Waals surface area contributed by atoms with Gasteiger partial charge in [0.25, 0.3) is 0 Å². The van der Waals surface area contributed by atoms with Crippen molar-refractivity contribution in [2.45, 2.75) is 38.8 Å². The molecule has 0 amide bonds. The number of rotatable bonds is 2. The largest absolute Gasteiger partial charge is 0.479 e. The van der Waals surface area contributed by atoms with Gasteiger partial charge in [-0.3, -0.25) is 0 Å². The summed E-state index contributed by atoms with van der Waals surface area (Å²) in [5, 5.41) is 8.82. The quantitative estimate of drug-likeness (QED) is 0.896. The number of halogens is 2. The molecule has 0 spiro atoms. The lowest BCUT2D eigenvalue weighted by Crippen LogP contribution is -2.27. The van der Waals surface area contributed by atoms with Crippen LogP contribution in [0.15, 0.2) is 22.7 Å². The summed E-state index contributed by atoms with van der Waals surface area (Å²) in [5.74, 6) is -1.48. The normalized spacial score (nSPS) is 15.4. The summed E-state index contributed by atoms with van der Waals surface area (Å²) in [6.07, 6.45) is 0. The zero-order valence-electron chi connectivity index (χ0n) is 10.3. The van der Waals surface area contributed by atoms with Gasteiger partial charge in [-0.2, -0.15) is 0 Å². The zero-order chi connectivity index (χ0) is 13.4. The Morgan fingerprint density at radius 2 is 1.82 bits per heavy atom. The van der Waals surface area contributed by atoms with Crippen molar-refractivity contribution in [3.63, 3.8) is 0 Å². The molecular formula is C13H16BrFO2. The second kappa shape index (κ2) is 4.41. The number of aliphatic carboxylic acids is 1. The van der Waals surface area contributed by atoms with E-state index in [1.54, 1.807) is 6.07 Å². The minimum atomic E-state index is -2.36. The summed E-state index contributed by atoms with van der Waals surface area (Å²) in [7, 11) is 0. The number of carboxylic acids is 1. The summed E-state index contributed by atoms with van der Waals surface area (Å²) in [6.45, 7) is 7.17. The highest BCUT2D eigenvalue weighted by molar-refractivity contribution is 9.10. The van der Waals surface area contributed by atoms with Crippen LogP contribution in [0.5, 0.6) is 0 Å². The van der Waals surface area contributed by atoms with E-state index in [9.17, 15) is 9.18 Å². The van der Waals surface area contributed by atoms with Gasteiger partial charge in [-0.15, -0.1) is 0 Å². The van der Waals surface area contributed by atoms with Gasteiger partial charge in [0.2, 0.25) is 5.67 Å². The fraction of sp³-hybridized carbons (Fsp3) is 0.462. The Labute approximate surface area is 109 Å². The Balaban J connectivity index is 3.27. The zero-order valence-corrected chi connectivity index (χ0v) is 11.9. The van der Waals surface area contributed by atoms with Crippen molar-refractivity contribution in [1.82, 2.24) is 0 Å². The molecule has 0 fully saturated rings. The minimum Gasteiger partial charge on any atom is -0.479 e. The third kappa shape index (κ3) is 2.86. The molecule has 1 N–H and O–H groups in total. The van der Waals surface area contributed by atoms with Crippen molar-refractivity contribution in [2.75, 3.05) is 0 Å². The predicted molar refractivity (Wildman–Crippen MR) is 68.9 cm³/mol. The highest BCUT2D eigenvalue weighted by Gasteiger charge is 2.35. The van der Waals surface area contributed by atoms with Crippen LogP contribution in [-0.2, 0) is 15.9 Å². The fourth-order valence-electron chi connectivity index (χ4n) is 1.54. The number of benzene rings is 1. The van der Waals surface area contributed by atoms with Gasteiger partial charge in [0, 0.05) is 10.0 Å². The van der Waals surface area contributed by atoms with Crippen LogP contribution in [0.2, 0.25) is 0 Å². The molecule has 0 aliphatic rings. The number of hydrogen-bond donors (Lipinski definition) is 1. The van der Waals surface area contributed by atoms with Crippen LogP contribution >= 0.6 is 15.9 Å². The summed E-state index contributed by atoms with van der Waals surface area (Å²) in [6, 6.07) is 4.83. The predicted octanol–water partition coefficient (Wildman–Crippen LogP) is 4.02. The van der Waals surface area contributed by atoms with Crippen LogP contribution in [0, 0.1) is 0 Å². The Morgan fingerprint density at radius 1 is 1.29 bits per heavy atom. The molecule has 0 aliphatic carbocycles. The molecular weight excluding hydrogens is 287 g/mol. The van der Waals surface area contributed by atoms with Crippen molar-refractivity contribution in [3.05, 3.63) is 33.8 Å². The molecule has 0 saturated heterocycles. The minimum absolute atomic E-state index is 0.0761. The highest BCUT2D eigenvalue weighted by atomic mass is 79.9. The third-order valence-electron chi connectivity index (χ3n) is 2.72. The van der Waals surface area contributed by atoms with E-state index >= 15 is 0 Å². The van der Waals surface area contributed by atoms with Crippen molar-refractivity contribution < 1.29 is 14.3 Å². The van der Waals surface area contributed by atoms with E-state index in [0.717, 1.165) is 17.0 Å². The van der Waals surface area contributed by atoms with Crippen LogP contribution in [0.25, 0.3) is 0 Å². The van der Waals surface area contributed by atoms with Crippen LogP contribution < -0.4 is 0 Å². The first-order valence-electron chi connectivity index (χ1n) is 5.29. The lowest BCUT2D eigenvalue weighted by Gasteiger charge is -2.23. The summed E-state index contributed by atoms with van der Waals surface area (Å²) < 4.78 is 14.7. The molecule has 0 bridgehead atoms. The average Bonchev–Trinajstić information content (AvgIpc) is 2.15. The van der Waals surface area contributed by atoms with Gasteiger partial charge in [-0.05, 0) is 24.0 Å². The lowest BCUT2D eigenvalue weighted by molar-refractivity contribution is -0.150. The Kier molecular flexibility index (Phi) is 3.67. The maximum absolute atomic E-state index is 13.9. The van der Waals surface area contributed by atoms with Crippen molar-refractivity contribution in [2.24, 2.45) is 0 Å². The first kappa shape index (κ1) is 14.2. The van der Waals surface area contributed by atoms with Crippen LogP contribution in [-0.4, -0.2) is 11.1 Å². The van der Waals surface area contributed by atoms with E-state index in [0.29, 0.717) is 0 Å². The molecule has 2 nitrogen and oxygen atoms in total. The Morgan fingerprint density at radius 3 is 2.18 bits per heavy atom. The molecule has 1 unspecified atom stereocenters. The molecule has 0 heterocycles. The molecule has 0 aromatic heterocycles. The van der Waals surface area contributed by atoms with E-state index < -0.39 is 11.6 Å². The summed E-state index contributed by atoms with van der Waals surface area (Å²) in [5.41, 5.74) is -1.28. The van der Waals surface area contributed by atoms with Gasteiger partial charge in [0.05, 0.1) is 0 Å². The lowest BCUT2D eigenvalue weighted by atomic mass is 9.85. The van der Waals surface area contributed by atoms with E-state index in [1.807, 2.05) is 20.8 Å². The highest BCUT2D eigenvalue weighted by Crippen LogP contribution is 2.34. The maximum atomic E-state index is 13.9. The van der Waals surface area contributed by atoms with Gasteiger partial charge < -0.3 is 5.11 Å². The van der Waals surface area contributed by atoms with Crippen molar-refractivity contribution >= 4 is 21.9 Å². The molecule has 0 saturated carbocycles. The first-order valence-corrected chi connectivity index (χ1v) is 6.09. The average molecular weight is 303 g/mol. The monoisotopic (exact) mass is 302 g/mol. The van der Waals surface area contributed by atoms with Gasteiger partial charge in [-0.1, -0.05) is 48.8 Å². The second-order valence-electron chi connectivity index (χ2n) is 5.25. The number of alkyl halides is 1. The van der Waals surface area contributed by atoms with E-state index in [1.165, 1.54) is 12.1 Å². The molecule has 0 aliphatic heterocycles. The number of hydrogen-bond acceptors (Lipinski definition) is 1. The second-order valence-corrected chi connectivity index (χ2v) is 6.11. The first-order chi connectivity index (χ1) is 7.56. The van der Waals surface area contributed by atoms with Crippen LogP contribution in [0.4, 0.5) is 4.39 Å². The van der Waals surface area contributed by atoms with Gasteiger partial charge in [-0.25, -0.2) is 9.18 Å². The van der Waals surface area contributed by atoms with Crippen LogP contribution in [0.1, 0.15) is 38.8 Å².